The number of rotatable bonds is 4. The van der Waals surface area contributed by atoms with Crippen molar-refractivity contribution >= 4 is 11.6 Å². The molecule has 2 bridgehead atoms. The zero-order valence-corrected chi connectivity index (χ0v) is 10.9. The highest BCUT2D eigenvalue weighted by molar-refractivity contribution is 5.99. The van der Waals surface area contributed by atoms with Gasteiger partial charge in [0.15, 0.2) is 0 Å². The Labute approximate surface area is 112 Å². The van der Waals surface area contributed by atoms with E-state index < -0.39 is 0 Å². The zero-order valence-electron chi connectivity index (χ0n) is 10.9. The van der Waals surface area contributed by atoms with Crippen molar-refractivity contribution in [3.05, 3.63) is 24.0 Å². The van der Waals surface area contributed by atoms with Crippen molar-refractivity contribution in [1.29, 1.82) is 0 Å². The normalized spacial score (nSPS) is 28.4. The molecule has 5 nitrogen and oxygen atoms in total. The van der Waals surface area contributed by atoms with Crippen molar-refractivity contribution in [2.24, 2.45) is 23.6 Å². The molecule has 4 N–H and O–H groups in total. The lowest BCUT2D eigenvalue weighted by Gasteiger charge is -2.22. The minimum Gasteiger partial charge on any atom is -0.352 e. The third-order valence-electron chi connectivity index (χ3n) is 4.63. The van der Waals surface area contributed by atoms with Crippen LogP contribution in [0.15, 0.2) is 18.5 Å². The van der Waals surface area contributed by atoms with Crippen molar-refractivity contribution in [2.75, 3.05) is 12.0 Å². The molecular weight excluding hydrogens is 240 g/mol. The second-order valence-electron chi connectivity index (χ2n) is 5.71. The molecule has 1 amide bonds. The van der Waals surface area contributed by atoms with E-state index in [9.17, 15) is 4.79 Å². The Kier molecular flexibility index (Phi) is 3.38. The van der Waals surface area contributed by atoms with Gasteiger partial charge in [0.2, 0.25) is 0 Å². The number of carbonyl (C=O) groups is 1. The van der Waals surface area contributed by atoms with Gasteiger partial charge in [-0.3, -0.25) is 15.6 Å². The molecule has 2 saturated carbocycles. The highest BCUT2D eigenvalue weighted by Crippen LogP contribution is 2.47. The maximum absolute atomic E-state index is 12.1. The van der Waals surface area contributed by atoms with Gasteiger partial charge in [-0.25, -0.2) is 0 Å². The first-order chi connectivity index (χ1) is 9.28. The van der Waals surface area contributed by atoms with E-state index in [4.69, 9.17) is 5.84 Å². The van der Waals surface area contributed by atoms with E-state index in [-0.39, 0.29) is 5.91 Å². The summed E-state index contributed by atoms with van der Waals surface area (Å²) in [5.74, 6) is 7.70. The fraction of sp³-hybridized carbons (Fsp3) is 0.571. The fourth-order valence-corrected chi connectivity index (χ4v) is 3.65. The zero-order chi connectivity index (χ0) is 13.2. The number of hydrogen-bond acceptors (Lipinski definition) is 4. The molecular formula is C14H20N4O. The monoisotopic (exact) mass is 260 g/mol. The predicted octanol–water partition coefficient (Wildman–Crippen LogP) is 1.53. The lowest BCUT2D eigenvalue weighted by atomic mass is 9.89. The quantitative estimate of drug-likeness (QED) is 0.566. The molecule has 102 valence electrons. The number of nitrogens with two attached hydrogens (primary N) is 1. The van der Waals surface area contributed by atoms with Gasteiger partial charge in [-0.05, 0) is 43.1 Å². The first-order valence-electron chi connectivity index (χ1n) is 6.96. The van der Waals surface area contributed by atoms with Gasteiger partial charge >= 0.3 is 0 Å². The van der Waals surface area contributed by atoms with Crippen LogP contribution in [0.5, 0.6) is 0 Å². The molecule has 0 radical (unpaired) electrons. The number of carbonyl (C=O) groups excluding carboxylic acids is 1. The standard InChI is InChI=1S/C14H20N4O/c15-18-13-3-4-16-8-12(13)14(19)17-7-11-6-9-1-2-10(11)5-9/h3-4,8-11H,1-2,5-7,15H2,(H,16,18)(H,17,19). The fourth-order valence-electron chi connectivity index (χ4n) is 3.65. The third kappa shape index (κ3) is 2.42. The van der Waals surface area contributed by atoms with E-state index in [1.54, 1.807) is 18.5 Å². The second kappa shape index (κ2) is 5.17. The number of nitrogens with zero attached hydrogens (tertiary/aromatic N) is 1. The number of hydrazine groups is 1. The Balaban J connectivity index is 1.59. The van der Waals surface area contributed by atoms with E-state index in [1.807, 2.05) is 0 Å². The molecule has 3 atom stereocenters. The maximum Gasteiger partial charge on any atom is 0.255 e. The number of anilines is 1. The average molecular weight is 260 g/mol. The average Bonchev–Trinajstić information content (AvgIpc) is 3.07. The third-order valence-corrected chi connectivity index (χ3v) is 4.63. The van der Waals surface area contributed by atoms with Crippen molar-refractivity contribution < 1.29 is 4.79 Å². The molecule has 1 heterocycles. The molecule has 5 heteroatoms. The summed E-state index contributed by atoms with van der Waals surface area (Å²) in [6.07, 6.45) is 8.53. The van der Waals surface area contributed by atoms with Gasteiger partial charge in [-0.2, -0.15) is 0 Å². The van der Waals surface area contributed by atoms with Gasteiger partial charge in [-0.15, -0.1) is 0 Å². The van der Waals surface area contributed by atoms with E-state index in [2.05, 4.69) is 15.7 Å². The lowest BCUT2D eigenvalue weighted by Crippen LogP contribution is -2.32. The molecule has 3 rings (SSSR count). The van der Waals surface area contributed by atoms with Crippen LogP contribution >= 0.6 is 0 Å². The lowest BCUT2D eigenvalue weighted by molar-refractivity contribution is 0.0942. The van der Waals surface area contributed by atoms with Gasteiger partial charge in [0.05, 0.1) is 11.3 Å². The molecule has 0 spiro atoms. The Hall–Kier alpha value is -1.62. The van der Waals surface area contributed by atoms with Crippen molar-refractivity contribution in [1.82, 2.24) is 10.3 Å². The number of hydrogen-bond donors (Lipinski definition) is 3. The maximum atomic E-state index is 12.1. The Morgan fingerprint density at radius 1 is 1.42 bits per heavy atom. The van der Waals surface area contributed by atoms with Gasteiger partial charge in [-0.1, -0.05) is 6.42 Å². The first kappa shape index (κ1) is 12.4. The first-order valence-corrected chi connectivity index (χ1v) is 6.96. The molecule has 2 aliphatic carbocycles. The molecule has 0 saturated heterocycles. The van der Waals surface area contributed by atoms with Crippen LogP contribution in [0, 0.1) is 17.8 Å². The van der Waals surface area contributed by atoms with Gasteiger partial charge in [0.1, 0.15) is 0 Å². The Morgan fingerprint density at radius 2 is 2.32 bits per heavy atom. The van der Waals surface area contributed by atoms with Crippen molar-refractivity contribution in [3.63, 3.8) is 0 Å². The van der Waals surface area contributed by atoms with Crippen LogP contribution in [0.4, 0.5) is 5.69 Å². The van der Waals surface area contributed by atoms with Crippen LogP contribution in [-0.2, 0) is 0 Å². The Morgan fingerprint density at radius 3 is 3.00 bits per heavy atom. The summed E-state index contributed by atoms with van der Waals surface area (Å²) < 4.78 is 0. The number of amides is 1. The van der Waals surface area contributed by atoms with Crippen LogP contribution in [-0.4, -0.2) is 17.4 Å². The summed E-state index contributed by atoms with van der Waals surface area (Å²) in [4.78, 5) is 16.1. The van der Waals surface area contributed by atoms with E-state index in [0.29, 0.717) is 17.2 Å². The molecule has 2 aliphatic rings. The number of pyridine rings is 1. The molecule has 3 unspecified atom stereocenters. The second-order valence-corrected chi connectivity index (χ2v) is 5.71. The summed E-state index contributed by atoms with van der Waals surface area (Å²) in [6, 6.07) is 1.70. The number of fused-ring (bicyclic) bond motifs is 2. The van der Waals surface area contributed by atoms with Crippen LogP contribution in [0.25, 0.3) is 0 Å². The molecule has 0 aliphatic heterocycles. The number of nitrogens with one attached hydrogen (secondary N) is 2. The summed E-state index contributed by atoms with van der Waals surface area (Å²) in [7, 11) is 0. The van der Waals surface area contributed by atoms with Crippen LogP contribution in [0.3, 0.4) is 0 Å². The highest BCUT2D eigenvalue weighted by atomic mass is 16.1. The van der Waals surface area contributed by atoms with Crippen molar-refractivity contribution in [2.45, 2.75) is 25.7 Å². The molecule has 1 aromatic heterocycles. The van der Waals surface area contributed by atoms with Crippen LogP contribution in [0.1, 0.15) is 36.0 Å². The predicted molar refractivity (Wildman–Crippen MR) is 73.3 cm³/mol. The highest BCUT2D eigenvalue weighted by Gasteiger charge is 2.39. The summed E-state index contributed by atoms with van der Waals surface area (Å²) in [5, 5.41) is 3.03. The molecule has 2 fully saturated rings. The van der Waals surface area contributed by atoms with Gasteiger partial charge in [0.25, 0.3) is 5.91 Å². The largest absolute Gasteiger partial charge is 0.352 e. The van der Waals surface area contributed by atoms with E-state index in [1.165, 1.54) is 25.7 Å². The van der Waals surface area contributed by atoms with E-state index >= 15 is 0 Å². The number of aromatic nitrogens is 1. The molecule has 19 heavy (non-hydrogen) atoms. The topological polar surface area (TPSA) is 80.0 Å². The van der Waals surface area contributed by atoms with Crippen LogP contribution in [0.2, 0.25) is 0 Å². The summed E-state index contributed by atoms with van der Waals surface area (Å²) in [5.41, 5.74) is 3.65. The van der Waals surface area contributed by atoms with Crippen LogP contribution < -0.4 is 16.6 Å². The number of nitrogen functional groups attached to an aromatic ring is 1. The van der Waals surface area contributed by atoms with E-state index in [0.717, 1.165) is 18.4 Å². The van der Waals surface area contributed by atoms with Crippen molar-refractivity contribution in [3.8, 4) is 0 Å². The minimum absolute atomic E-state index is 0.0937. The smallest absolute Gasteiger partial charge is 0.255 e. The summed E-state index contributed by atoms with van der Waals surface area (Å²) in [6.45, 7) is 0.777. The summed E-state index contributed by atoms with van der Waals surface area (Å²) >= 11 is 0. The van der Waals surface area contributed by atoms with Gasteiger partial charge in [0, 0.05) is 18.9 Å². The SMILES string of the molecule is NNc1ccncc1C(=O)NCC1CC2CCC1C2. The molecule has 1 aromatic rings. The minimum atomic E-state index is -0.0937. The molecule has 0 aromatic carbocycles. The van der Waals surface area contributed by atoms with Gasteiger partial charge < -0.3 is 10.7 Å². The Bertz CT molecular complexity index is 476.